The molecule has 0 bridgehead atoms. The second kappa shape index (κ2) is 3.03. The van der Waals surface area contributed by atoms with Gasteiger partial charge in [0.1, 0.15) is 4.83 Å². The first-order chi connectivity index (χ1) is 7.25. The van der Waals surface area contributed by atoms with Crippen molar-refractivity contribution in [2.75, 3.05) is 5.32 Å². The molecule has 0 aromatic carbocycles. The maximum Gasteiger partial charge on any atom is 0.126 e. The first-order valence-electron chi connectivity index (χ1n) is 4.90. The van der Waals surface area contributed by atoms with E-state index in [1.807, 2.05) is 6.92 Å². The molecule has 0 unspecified atom stereocenters. The molecule has 15 heavy (non-hydrogen) atoms. The number of aliphatic imine (C=N–C) groups is 1. The smallest absolute Gasteiger partial charge is 0.126 e. The van der Waals surface area contributed by atoms with E-state index in [0.717, 1.165) is 17.1 Å². The Hall–Kier alpha value is -1.42. The molecule has 1 N–H and O–H groups in total. The summed E-state index contributed by atoms with van der Waals surface area (Å²) in [5, 5.41) is 4.48. The van der Waals surface area contributed by atoms with Crippen molar-refractivity contribution in [2.24, 2.45) is 4.99 Å². The Kier molecular flexibility index (Phi) is 1.79. The summed E-state index contributed by atoms with van der Waals surface area (Å²) < 4.78 is 0. The molecule has 3 heterocycles. The second-order valence-corrected chi connectivity index (χ2v) is 4.86. The normalized spacial score (nSPS) is 14.0. The first-order valence-corrected chi connectivity index (χ1v) is 5.72. The summed E-state index contributed by atoms with van der Waals surface area (Å²) in [5.41, 5.74) is 3.58. The van der Waals surface area contributed by atoms with Gasteiger partial charge in [0.2, 0.25) is 0 Å². The van der Waals surface area contributed by atoms with Gasteiger partial charge >= 0.3 is 0 Å². The highest BCUT2D eigenvalue weighted by Gasteiger charge is 2.16. The van der Waals surface area contributed by atoms with Gasteiger partial charge in [-0.05, 0) is 25.5 Å². The summed E-state index contributed by atoms with van der Waals surface area (Å²) in [7, 11) is 0. The van der Waals surface area contributed by atoms with Gasteiger partial charge in [-0.15, -0.1) is 11.3 Å². The van der Waals surface area contributed by atoms with Crippen molar-refractivity contribution in [3.63, 3.8) is 0 Å². The molecule has 1 aliphatic heterocycles. The fraction of sp³-hybridized carbons (Fsp3) is 0.273. The lowest BCUT2D eigenvalue weighted by Crippen LogP contribution is -2.02. The molecule has 2 aromatic heterocycles. The zero-order chi connectivity index (χ0) is 10.4. The van der Waals surface area contributed by atoms with Crippen molar-refractivity contribution in [1.82, 2.24) is 4.98 Å². The van der Waals surface area contributed by atoms with Crippen LogP contribution in [0.25, 0.3) is 10.2 Å². The number of fused-ring (bicyclic) bond motifs is 3. The lowest BCUT2D eigenvalue weighted by Gasteiger charge is -2.07. The zero-order valence-electron chi connectivity index (χ0n) is 8.66. The Balaban J connectivity index is 2.39. The highest BCUT2D eigenvalue weighted by Crippen LogP contribution is 2.38. The van der Waals surface area contributed by atoms with Crippen molar-refractivity contribution in [1.29, 1.82) is 0 Å². The minimum Gasteiger partial charge on any atom is -0.345 e. The number of nitrogens with zero attached hydrogens (tertiary/aromatic N) is 2. The number of aryl methyl sites for hydroxylation is 2. The number of hydrogen-bond donors (Lipinski definition) is 1. The van der Waals surface area contributed by atoms with Crippen LogP contribution in [0.1, 0.15) is 16.1 Å². The van der Waals surface area contributed by atoms with Gasteiger partial charge in [-0.2, -0.15) is 0 Å². The average Bonchev–Trinajstić information content (AvgIpc) is 2.54. The lowest BCUT2D eigenvalue weighted by atomic mass is 10.1. The van der Waals surface area contributed by atoms with Crippen LogP contribution in [0.15, 0.2) is 11.1 Å². The molecule has 2 aromatic rings. The van der Waals surface area contributed by atoms with E-state index in [-0.39, 0.29) is 0 Å². The van der Waals surface area contributed by atoms with E-state index in [1.54, 1.807) is 17.7 Å². The number of aromatic nitrogens is 1. The number of rotatable bonds is 0. The van der Waals surface area contributed by atoms with Crippen LogP contribution in [0.3, 0.4) is 0 Å². The highest BCUT2D eigenvalue weighted by atomic mass is 32.1. The molecular formula is C11H11N3S. The molecule has 0 saturated carbocycles. The summed E-state index contributed by atoms with van der Waals surface area (Å²) in [5.74, 6) is 0. The zero-order valence-corrected chi connectivity index (χ0v) is 9.48. The minimum atomic E-state index is 0.780. The monoisotopic (exact) mass is 217 g/mol. The Labute approximate surface area is 91.9 Å². The first kappa shape index (κ1) is 8.85. The van der Waals surface area contributed by atoms with Crippen LogP contribution in [0.4, 0.5) is 5.69 Å². The van der Waals surface area contributed by atoms with Crippen LogP contribution in [0, 0.1) is 13.8 Å². The molecular weight excluding hydrogens is 206 g/mol. The number of thiophene rings is 1. The summed E-state index contributed by atoms with van der Waals surface area (Å²) in [6.45, 7) is 4.95. The van der Waals surface area contributed by atoms with E-state index >= 15 is 0 Å². The SMILES string of the molecule is Cc1cc(C)c2c3c(sc2n1)CN=CN3. The van der Waals surface area contributed by atoms with Gasteiger partial charge in [0.15, 0.2) is 0 Å². The summed E-state index contributed by atoms with van der Waals surface area (Å²) >= 11 is 1.74. The van der Waals surface area contributed by atoms with Crippen molar-refractivity contribution in [3.8, 4) is 0 Å². The van der Waals surface area contributed by atoms with E-state index < -0.39 is 0 Å². The summed E-state index contributed by atoms with van der Waals surface area (Å²) in [4.78, 5) is 11.2. The van der Waals surface area contributed by atoms with Crippen LogP contribution >= 0.6 is 11.3 Å². The number of anilines is 1. The van der Waals surface area contributed by atoms with Gasteiger partial charge in [-0.1, -0.05) is 0 Å². The topological polar surface area (TPSA) is 37.3 Å². The van der Waals surface area contributed by atoms with E-state index in [1.165, 1.54) is 21.5 Å². The van der Waals surface area contributed by atoms with Crippen LogP contribution < -0.4 is 5.32 Å². The Morgan fingerprint density at radius 3 is 3.13 bits per heavy atom. The maximum atomic E-state index is 4.56. The van der Waals surface area contributed by atoms with Gasteiger partial charge in [0, 0.05) is 11.1 Å². The largest absolute Gasteiger partial charge is 0.345 e. The third-order valence-electron chi connectivity index (χ3n) is 2.60. The van der Waals surface area contributed by atoms with Crippen LogP contribution in [0.2, 0.25) is 0 Å². The molecule has 3 nitrogen and oxygen atoms in total. The fourth-order valence-corrected chi connectivity index (χ4v) is 3.18. The molecule has 1 aliphatic rings. The standard InChI is InChI=1S/C11H11N3S/c1-6-3-7(2)14-11-9(6)10-8(15-11)4-12-5-13-10/h3,5H,4H2,1-2H3,(H,12,13). The predicted molar refractivity (Wildman–Crippen MR) is 64.9 cm³/mol. The molecule has 76 valence electrons. The van der Waals surface area contributed by atoms with Crippen molar-refractivity contribution in [3.05, 3.63) is 22.2 Å². The van der Waals surface area contributed by atoms with Gasteiger partial charge in [-0.3, -0.25) is 4.99 Å². The van der Waals surface area contributed by atoms with E-state index in [2.05, 4.69) is 28.3 Å². The Bertz CT molecular complexity index is 569. The van der Waals surface area contributed by atoms with Crippen molar-refractivity contribution in [2.45, 2.75) is 20.4 Å². The summed E-state index contributed by atoms with van der Waals surface area (Å²) in [6, 6.07) is 2.13. The Morgan fingerprint density at radius 1 is 1.40 bits per heavy atom. The fourth-order valence-electron chi connectivity index (χ4n) is 1.99. The van der Waals surface area contributed by atoms with Gasteiger partial charge in [-0.25, -0.2) is 4.98 Å². The molecule has 4 heteroatoms. The molecule has 0 saturated heterocycles. The molecule has 0 spiro atoms. The minimum absolute atomic E-state index is 0.780. The van der Waals surface area contributed by atoms with Crippen LogP contribution in [-0.2, 0) is 6.54 Å². The maximum absolute atomic E-state index is 4.56. The third-order valence-corrected chi connectivity index (χ3v) is 3.66. The molecule has 3 rings (SSSR count). The number of hydrogen-bond acceptors (Lipinski definition) is 4. The summed E-state index contributed by atoms with van der Waals surface area (Å²) in [6.07, 6.45) is 1.77. The van der Waals surface area contributed by atoms with Crippen LogP contribution in [-0.4, -0.2) is 11.3 Å². The van der Waals surface area contributed by atoms with Gasteiger partial charge in [0.25, 0.3) is 0 Å². The average molecular weight is 217 g/mol. The molecule has 0 fully saturated rings. The van der Waals surface area contributed by atoms with Crippen molar-refractivity contribution >= 4 is 33.6 Å². The van der Waals surface area contributed by atoms with E-state index in [4.69, 9.17) is 0 Å². The van der Waals surface area contributed by atoms with Gasteiger partial charge < -0.3 is 5.32 Å². The van der Waals surface area contributed by atoms with E-state index in [9.17, 15) is 0 Å². The molecule has 0 amide bonds. The molecule has 0 atom stereocenters. The molecule has 0 aliphatic carbocycles. The van der Waals surface area contributed by atoms with Crippen molar-refractivity contribution < 1.29 is 0 Å². The predicted octanol–water partition coefficient (Wildman–Crippen LogP) is 2.87. The number of nitrogens with one attached hydrogen (secondary N) is 1. The Morgan fingerprint density at radius 2 is 2.27 bits per heavy atom. The van der Waals surface area contributed by atoms with Crippen LogP contribution in [0.5, 0.6) is 0 Å². The lowest BCUT2D eigenvalue weighted by molar-refractivity contribution is 1.10. The quantitative estimate of drug-likeness (QED) is 0.736. The van der Waals surface area contributed by atoms with E-state index in [0.29, 0.717) is 0 Å². The second-order valence-electron chi connectivity index (χ2n) is 3.78. The molecule has 0 radical (unpaired) electrons. The highest BCUT2D eigenvalue weighted by molar-refractivity contribution is 7.19. The van der Waals surface area contributed by atoms with Gasteiger partial charge in [0.05, 0.1) is 23.4 Å². The third kappa shape index (κ3) is 1.25. The number of pyridine rings is 1.